The number of phenolic OH excluding ortho intramolecular Hbond substituents is 1. The number of aromatic hydroxyl groups is 1. The van der Waals surface area contributed by atoms with Crippen molar-refractivity contribution in [3.8, 4) is 11.5 Å². The quantitative estimate of drug-likeness (QED) is 0.0325. The van der Waals surface area contributed by atoms with Gasteiger partial charge in [0.1, 0.15) is 5.75 Å². The maximum atomic E-state index is 12.8. The summed E-state index contributed by atoms with van der Waals surface area (Å²) in [5.74, 6) is -1.11. The molecule has 0 amide bonds. The number of carboxylic acids is 1. The molecular formula is C49H47AlCl5N2O8+. The highest BCUT2D eigenvalue weighted by Gasteiger charge is 2.28. The van der Waals surface area contributed by atoms with E-state index < -0.39 is 35.1 Å². The number of carbonyl (C=O) groups excluding carboxylic acids is 4. The van der Waals surface area contributed by atoms with Crippen LogP contribution < -0.4 is 9.80 Å². The van der Waals surface area contributed by atoms with Crippen molar-refractivity contribution in [2.75, 3.05) is 34.6 Å². The molecule has 6 aromatic rings. The summed E-state index contributed by atoms with van der Waals surface area (Å²) in [4.78, 5) is 50.1. The number of rotatable bonds is 11. The van der Waals surface area contributed by atoms with Gasteiger partial charge in [0.05, 0.1) is 34.0 Å². The van der Waals surface area contributed by atoms with Crippen molar-refractivity contribution in [1.82, 2.24) is 0 Å². The van der Waals surface area contributed by atoms with Gasteiger partial charge in [-0.05, 0) is 88.4 Å². The van der Waals surface area contributed by atoms with Crippen LogP contribution in [0, 0.1) is 13.8 Å². The van der Waals surface area contributed by atoms with Crippen molar-refractivity contribution in [1.29, 1.82) is 0 Å². The number of carbonyl (C=O) groups is 4. The second kappa shape index (κ2) is 27.9. The standard InChI is InChI=1S/C23H21NO4.C16H18NO.C8H4O3.C2H4Cl2.Al.3ClH/c1-3-24(16-10-8-15(2)9-11-16)17-12-13-20(21(25)14-17)22(26)18-6-4-5-7-19(18)23(27)28;1-4-17(14-10-8-13(2)9-11-14)15-6-5-7-16(12-15)18-3;9-7-5-3-1-2-4-6(5)8(10)11-7;3-1-2-4;;;;/h4-14,25H,3H2,1-2H3,(H,27,28);5-12H,3-4H2,1-2H3;1-4H;1-2H2;;3*1H/q;+1;;;+3;;;/p-3. The van der Waals surface area contributed by atoms with E-state index in [1.807, 2.05) is 61.2 Å². The highest BCUT2D eigenvalue weighted by atomic mass is 35.8. The van der Waals surface area contributed by atoms with Gasteiger partial charge in [0, 0.05) is 59.6 Å². The number of anilines is 4. The van der Waals surface area contributed by atoms with E-state index in [4.69, 9.17) is 57.8 Å². The maximum absolute atomic E-state index is 12.8. The Labute approximate surface area is 406 Å². The van der Waals surface area contributed by atoms with Gasteiger partial charge in [0.25, 0.3) is 6.79 Å². The fourth-order valence-electron chi connectivity index (χ4n) is 6.14. The third kappa shape index (κ3) is 16.5. The Kier molecular flexibility index (Phi) is 23.1. The summed E-state index contributed by atoms with van der Waals surface area (Å²) in [5.41, 5.74) is 7.18. The molecule has 1 heterocycles. The molecule has 2 N–H and O–H groups in total. The number of alkyl halides is 2. The molecule has 6 aromatic carbocycles. The van der Waals surface area contributed by atoms with Crippen LogP contribution in [0.25, 0.3) is 0 Å². The van der Waals surface area contributed by atoms with Gasteiger partial charge < -0.3 is 24.7 Å². The molecule has 0 atom stereocenters. The van der Waals surface area contributed by atoms with Crippen LogP contribution in [-0.2, 0) is 9.16 Å². The molecule has 0 unspecified atom stereocenters. The molecule has 65 heavy (non-hydrogen) atoms. The summed E-state index contributed by atoms with van der Waals surface area (Å²) in [7, 11) is 14.8. The molecule has 338 valence electrons. The lowest BCUT2D eigenvalue weighted by atomic mass is 9.97. The Bertz CT molecular complexity index is 2490. The highest BCUT2D eigenvalue weighted by Crippen LogP contribution is 2.32. The SMILES string of the molecule is C=[O+]c1cccc(N(CC)c2ccc(C)cc2)c1.CCN(c1ccc(C)cc1)c1ccc(C(=O)c2ccccc2C(=O)O)c(O)c1.ClCCCl.O=C1OC(=O)c2ccccc21.[Cl][Al]([Cl])[Cl]. The minimum atomic E-state index is -1.72. The molecule has 1 aliphatic rings. The number of ketones is 1. The van der Waals surface area contributed by atoms with Gasteiger partial charge in [-0.25, -0.2) is 49.0 Å². The molecule has 0 spiro atoms. The molecular weight excluding hydrogens is 949 g/mol. The monoisotopic (exact) mass is 993 g/mol. The molecule has 16 heteroatoms. The zero-order valence-corrected chi connectivity index (χ0v) is 41.0. The fourth-order valence-corrected chi connectivity index (χ4v) is 6.14. The number of phenols is 1. The van der Waals surface area contributed by atoms with E-state index in [0.29, 0.717) is 29.4 Å². The van der Waals surface area contributed by atoms with Gasteiger partial charge in [-0.15, -0.1) is 23.2 Å². The molecule has 0 fully saturated rings. The first-order valence-corrected chi connectivity index (χ1v) is 26.2. The molecule has 0 aliphatic carbocycles. The predicted molar refractivity (Wildman–Crippen MR) is 267 cm³/mol. The Morgan fingerprint density at radius 2 is 1.05 bits per heavy atom. The minimum absolute atomic E-state index is 0.0453. The van der Waals surface area contributed by atoms with Crippen molar-refractivity contribution in [2.45, 2.75) is 27.7 Å². The van der Waals surface area contributed by atoms with E-state index in [-0.39, 0.29) is 22.4 Å². The number of ether oxygens (including phenoxy) is 1. The van der Waals surface area contributed by atoms with Crippen LogP contribution in [0.2, 0.25) is 0 Å². The summed E-state index contributed by atoms with van der Waals surface area (Å²) >= 11 is 8.39. The van der Waals surface area contributed by atoms with Crippen molar-refractivity contribution in [3.05, 3.63) is 178 Å². The van der Waals surface area contributed by atoms with E-state index in [1.165, 1.54) is 35.5 Å². The minimum Gasteiger partial charge on any atom is -0.507 e. The first-order chi connectivity index (χ1) is 31.1. The van der Waals surface area contributed by atoms with Crippen LogP contribution in [0.1, 0.15) is 72.0 Å². The lowest BCUT2D eigenvalue weighted by Crippen LogP contribution is -2.16. The van der Waals surface area contributed by atoms with Crippen LogP contribution in [0.5, 0.6) is 11.5 Å². The number of benzene rings is 6. The average molecular weight is 996 g/mol. The van der Waals surface area contributed by atoms with Crippen LogP contribution in [0.3, 0.4) is 0 Å². The first kappa shape index (κ1) is 54.0. The van der Waals surface area contributed by atoms with E-state index in [9.17, 15) is 29.4 Å². The molecule has 0 radical (unpaired) electrons. The van der Waals surface area contributed by atoms with Crippen LogP contribution >= 0.6 is 53.3 Å². The molecule has 10 nitrogen and oxygen atoms in total. The smallest absolute Gasteiger partial charge is 0.507 e. The van der Waals surface area contributed by atoms with Crippen molar-refractivity contribution in [2.24, 2.45) is 0 Å². The molecule has 0 bridgehead atoms. The third-order valence-electron chi connectivity index (χ3n) is 9.18. The number of hydrogen-bond donors (Lipinski definition) is 2. The Hall–Kier alpha value is -5.35. The number of hydrogen-bond acceptors (Lipinski definition) is 8. The first-order valence-electron chi connectivity index (χ1n) is 19.9. The summed E-state index contributed by atoms with van der Waals surface area (Å²) in [5, 5.41) is 19.8. The van der Waals surface area contributed by atoms with Crippen molar-refractivity contribution >= 4 is 118 Å². The highest BCUT2D eigenvalue weighted by molar-refractivity contribution is 7.54. The zero-order valence-electron chi connectivity index (χ0n) is 36.0. The van der Waals surface area contributed by atoms with Crippen molar-refractivity contribution in [3.63, 3.8) is 0 Å². The second-order valence-electron chi connectivity index (χ2n) is 13.5. The summed E-state index contributed by atoms with van der Waals surface area (Å²) in [6, 6.07) is 41.8. The van der Waals surface area contributed by atoms with Crippen LogP contribution in [0.15, 0.2) is 140 Å². The van der Waals surface area contributed by atoms with Gasteiger partial charge >= 0.3 is 35.0 Å². The predicted octanol–water partition coefficient (Wildman–Crippen LogP) is 13.2. The van der Waals surface area contributed by atoms with Gasteiger partial charge in [0.2, 0.25) is 0 Å². The van der Waals surface area contributed by atoms with E-state index in [1.54, 1.807) is 42.5 Å². The molecule has 7 rings (SSSR count). The molecule has 0 aromatic heterocycles. The largest absolute Gasteiger partial charge is 0.643 e. The third-order valence-corrected chi connectivity index (χ3v) is 9.75. The van der Waals surface area contributed by atoms with Gasteiger partial charge in [-0.3, -0.25) is 4.79 Å². The van der Waals surface area contributed by atoms with E-state index in [0.717, 1.165) is 34.9 Å². The molecule has 0 saturated heterocycles. The van der Waals surface area contributed by atoms with Crippen LogP contribution in [0.4, 0.5) is 22.7 Å². The maximum Gasteiger partial charge on any atom is 0.643 e. The topological polar surface area (TPSA) is 136 Å². The van der Waals surface area contributed by atoms with Crippen molar-refractivity contribution < 1.29 is 38.6 Å². The lowest BCUT2D eigenvalue weighted by molar-refractivity contribution is -0.354. The van der Waals surface area contributed by atoms with Crippen LogP contribution in [-0.4, -0.2) is 76.9 Å². The van der Waals surface area contributed by atoms with E-state index >= 15 is 0 Å². The summed E-state index contributed by atoms with van der Waals surface area (Å²) in [6.45, 7) is 13.3. The number of aryl methyl sites for hydroxylation is 2. The molecule has 1 aliphatic heterocycles. The number of esters is 2. The number of aromatic carboxylic acids is 1. The Morgan fingerprint density at radius 1 is 0.615 bits per heavy atom. The summed E-state index contributed by atoms with van der Waals surface area (Å²) < 4.78 is 9.38. The van der Waals surface area contributed by atoms with Gasteiger partial charge in [0.15, 0.2) is 5.78 Å². The zero-order chi connectivity index (χ0) is 48.1. The van der Waals surface area contributed by atoms with E-state index in [2.05, 4.69) is 60.6 Å². The second-order valence-corrected chi connectivity index (χ2v) is 20.7. The Balaban J connectivity index is 0.000000257. The van der Waals surface area contributed by atoms with Gasteiger partial charge in [-0.2, -0.15) is 0 Å². The fraction of sp³-hybridized carbons (Fsp3) is 0.163. The van der Waals surface area contributed by atoms with Gasteiger partial charge in [-0.1, -0.05) is 71.8 Å². The average Bonchev–Trinajstić information content (AvgIpc) is 3.60. The summed E-state index contributed by atoms with van der Waals surface area (Å²) in [6.07, 6.45) is 0. The number of cyclic esters (lactones) is 2. The molecule has 0 saturated carbocycles. The Morgan fingerprint density at radius 3 is 1.46 bits per heavy atom. The lowest BCUT2D eigenvalue weighted by Gasteiger charge is -2.24. The number of nitrogens with zero attached hydrogens (tertiary/aromatic N) is 2. The number of halogens is 5. The number of fused-ring (bicyclic) bond motifs is 1. The normalized spacial score (nSPS) is 10.7. The number of carboxylic acid groups (broad SMARTS) is 1.